The van der Waals surface area contributed by atoms with Gasteiger partial charge in [0, 0.05) is 18.8 Å². The Morgan fingerprint density at radius 2 is 0.727 bits per heavy atom. The van der Waals surface area contributed by atoms with Gasteiger partial charge in [-0.25, -0.2) is 15.8 Å². The third kappa shape index (κ3) is 1310. The molecule has 0 aliphatic heterocycles. The fourth-order valence-corrected chi connectivity index (χ4v) is 0. The summed E-state index contributed by atoms with van der Waals surface area (Å²) in [6, 6.07) is 0. The van der Waals surface area contributed by atoms with E-state index in [1.807, 2.05) is 0 Å². The standard InChI is InChI=1S/3CHNO.Co.Na/c3*2-1-3;;/h3*3H;;/q;;;+2;+1/p-3. The zero-order valence-electron chi connectivity index (χ0n) is 5.40. The first kappa shape index (κ1) is 31.6. The Kier molecular flexibility index (Phi) is 334. The number of hydrogen-bond donors (Lipinski definition) is 0. The molecule has 55 valence electrons. The van der Waals surface area contributed by atoms with Crippen molar-refractivity contribution < 1.29 is 61.7 Å². The quantitative estimate of drug-likeness (QED) is 0.286. The summed E-state index contributed by atoms with van der Waals surface area (Å²) >= 11 is 0. The number of hydrogen-bond acceptors (Lipinski definition) is 6. The summed E-state index contributed by atoms with van der Waals surface area (Å²) in [5.74, 6) is 0. The van der Waals surface area contributed by atoms with Crippen molar-refractivity contribution in [2.75, 3.05) is 0 Å². The van der Waals surface area contributed by atoms with E-state index < -0.39 is 0 Å². The molecule has 0 heterocycles. The van der Waals surface area contributed by atoms with Gasteiger partial charge in [0.05, 0.1) is 0 Å². The van der Waals surface area contributed by atoms with Crippen LogP contribution < -0.4 is 44.9 Å². The molecule has 0 unspecified atom stereocenters. The van der Waals surface area contributed by atoms with Crippen LogP contribution in [0.1, 0.15) is 0 Å². The van der Waals surface area contributed by atoms with Crippen molar-refractivity contribution in [1.82, 2.24) is 0 Å². The molecule has 0 aromatic heterocycles. The number of nitriles is 3. The van der Waals surface area contributed by atoms with Crippen LogP contribution in [0.2, 0.25) is 0 Å². The van der Waals surface area contributed by atoms with Crippen LogP contribution in [-0.4, -0.2) is 0 Å². The molecule has 0 N–H and O–H groups in total. The Bertz CT molecular complexity index is 117. The Morgan fingerprint density at radius 1 is 0.727 bits per heavy atom. The summed E-state index contributed by atoms with van der Waals surface area (Å²) in [5.41, 5.74) is 0. The van der Waals surface area contributed by atoms with Gasteiger partial charge in [0.25, 0.3) is 0 Å². The van der Waals surface area contributed by atoms with Crippen LogP contribution in [0.3, 0.4) is 0 Å². The molecule has 0 rings (SSSR count). The van der Waals surface area contributed by atoms with E-state index in [2.05, 4.69) is 0 Å². The largest absolute Gasteiger partial charge is 2.00 e. The molecule has 0 spiro atoms. The van der Waals surface area contributed by atoms with E-state index in [4.69, 9.17) is 31.1 Å². The molecular weight excluding hydrogens is 208 g/mol. The van der Waals surface area contributed by atoms with Gasteiger partial charge in [-0.05, 0) is 0 Å². The van der Waals surface area contributed by atoms with Gasteiger partial charge in [-0.1, -0.05) is 0 Å². The molecule has 1 radical (unpaired) electrons. The molecule has 8 heteroatoms. The smallest absolute Gasteiger partial charge is 0.812 e. The zero-order valence-corrected chi connectivity index (χ0v) is 8.44. The van der Waals surface area contributed by atoms with Gasteiger partial charge in [-0.2, -0.15) is 0 Å². The van der Waals surface area contributed by atoms with Crippen LogP contribution in [0.15, 0.2) is 0 Å². The van der Waals surface area contributed by atoms with Gasteiger partial charge in [0.1, 0.15) is 0 Å². The molecule has 0 aromatic carbocycles. The molecule has 0 saturated carbocycles. The van der Waals surface area contributed by atoms with E-state index in [1.165, 1.54) is 0 Å². The molecule has 0 atom stereocenters. The normalized spacial score (nSPS) is 1.91. The summed E-state index contributed by atoms with van der Waals surface area (Å²) in [6.07, 6.45) is 1.50. The molecule has 0 saturated heterocycles. The van der Waals surface area contributed by atoms with Gasteiger partial charge in [0.15, 0.2) is 0 Å². The summed E-state index contributed by atoms with van der Waals surface area (Å²) in [4.78, 5) is 0. The van der Waals surface area contributed by atoms with Gasteiger partial charge >= 0.3 is 46.3 Å². The summed E-state index contributed by atoms with van der Waals surface area (Å²) in [7, 11) is 0. The zero-order chi connectivity index (χ0) is 8.12. The first-order valence-electron chi connectivity index (χ1n) is 1.28. The molecular formula is C3CoN3NaO3. The monoisotopic (exact) mass is 208 g/mol. The van der Waals surface area contributed by atoms with E-state index in [1.54, 1.807) is 0 Å². The van der Waals surface area contributed by atoms with Crippen LogP contribution in [0, 0.1) is 34.6 Å². The molecule has 0 aliphatic rings. The van der Waals surface area contributed by atoms with Crippen molar-refractivity contribution in [2.24, 2.45) is 0 Å². The Hall–Kier alpha value is -0.624. The maximum Gasteiger partial charge on any atom is 2.00 e. The molecule has 0 fully saturated rings. The Labute approximate surface area is 95.8 Å². The van der Waals surface area contributed by atoms with Crippen molar-refractivity contribution in [3.63, 3.8) is 0 Å². The molecule has 11 heavy (non-hydrogen) atoms. The summed E-state index contributed by atoms with van der Waals surface area (Å²) in [5, 5.41) is 45.0. The second-order valence-corrected chi connectivity index (χ2v) is 0.274. The fourth-order valence-electron chi connectivity index (χ4n) is 0. The molecule has 0 amide bonds. The van der Waals surface area contributed by atoms with Crippen molar-refractivity contribution >= 4 is 0 Å². The van der Waals surface area contributed by atoms with E-state index in [0.717, 1.165) is 0 Å². The maximum absolute atomic E-state index is 8.24. The second-order valence-electron chi connectivity index (χ2n) is 0.274. The van der Waals surface area contributed by atoms with E-state index in [0.29, 0.717) is 18.8 Å². The van der Waals surface area contributed by atoms with Crippen LogP contribution in [-0.2, 0) is 16.8 Å². The van der Waals surface area contributed by atoms with Crippen molar-refractivity contribution in [1.29, 1.82) is 15.8 Å². The first-order valence-corrected chi connectivity index (χ1v) is 1.28. The third-order valence-electron chi connectivity index (χ3n) is 0. The average Bonchev–Trinajstić information content (AvgIpc) is 1.70. The minimum absolute atomic E-state index is 0. The SMILES string of the molecule is N#C[O-].N#C[O-].N#C[O-].[Co+2].[Na+]. The van der Waals surface area contributed by atoms with Gasteiger partial charge < -0.3 is 15.3 Å². The minimum Gasteiger partial charge on any atom is -0.812 e. The second kappa shape index (κ2) is 116. The predicted molar refractivity (Wildman–Crippen MR) is 16.8 cm³/mol. The summed E-state index contributed by atoms with van der Waals surface area (Å²) in [6.45, 7) is 0. The van der Waals surface area contributed by atoms with E-state index >= 15 is 0 Å². The number of nitrogens with zero attached hydrogens (tertiary/aromatic N) is 3. The van der Waals surface area contributed by atoms with Crippen LogP contribution in [0.25, 0.3) is 0 Å². The van der Waals surface area contributed by atoms with E-state index in [9.17, 15) is 0 Å². The maximum atomic E-state index is 8.24. The van der Waals surface area contributed by atoms with Crippen molar-refractivity contribution in [3.8, 4) is 18.8 Å². The van der Waals surface area contributed by atoms with Gasteiger partial charge in [-0.3, -0.25) is 0 Å². The van der Waals surface area contributed by atoms with Crippen LogP contribution in [0.4, 0.5) is 0 Å². The van der Waals surface area contributed by atoms with Crippen molar-refractivity contribution in [2.45, 2.75) is 0 Å². The topological polar surface area (TPSA) is 141 Å². The third-order valence-corrected chi connectivity index (χ3v) is 0. The molecule has 0 bridgehead atoms. The van der Waals surface area contributed by atoms with Crippen LogP contribution >= 0.6 is 0 Å². The minimum atomic E-state index is 0. The number of rotatable bonds is 0. The average molecular weight is 208 g/mol. The Morgan fingerprint density at radius 3 is 0.727 bits per heavy atom. The summed E-state index contributed by atoms with van der Waals surface area (Å²) < 4.78 is 0. The molecule has 0 aliphatic carbocycles. The van der Waals surface area contributed by atoms with E-state index in [-0.39, 0.29) is 46.3 Å². The van der Waals surface area contributed by atoms with Gasteiger partial charge in [-0.15, -0.1) is 0 Å². The first-order chi connectivity index (χ1) is 4.24. The Balaban J connectivity index is -0.0000000150. The fraction of sp³-hybridized carbons (Fsp3) is 0. The molecule has 0 aromatic rings. The predicted octanol–water partition coefficient (Wildman–Crippen LogP) is -6.52. The van der Waals surface area contributed by atoms with Crippen molar-refractivity contribution in [3.05, 3.63) is 0 Å². The van der Waals surface area contributed by atoms with Crippen LogP contribution in [0.5, 0.6) is 0 Å². The van der Waals surface area contributed by atoms with Gasteiger partial charge in [0.2, 0.25) is 0 Å². The molecule has 6 nitrogen and oxygen atoms in total.